The number of carboxylic acid groups (broad SMARTS) is 1. The van der Waals surface area contributed by atoms with Crippen LogP contribution < -0.4 is 4.74 Å². The summed E-state index contributed by atoms with van der Waals surface area (Å²) in [7, 11) is 1.55. The van der Waals surface area contributed by atoms with E-state index < -0.39 is 18.1 Å². The molecule has 2 unspecified atom stereocenters. The number of carbonyl (C=O) groups is 1. The average molecular weight is 419 g/mol. The molecule has 0 aromatic heterocycles. The van der Waals surface area contributed by atoms with Crippen molar-refractivity contribution >= 4 is 5.97 Å². The van der Waals surface area contributed by atoms with Crippen LogP contribution in [0.5, 0.6) is 5.75 Å². The smallest absolute Gasteiger partial charge is 0.320 e. The Balaban J connectivity index is 1.81. The lowest BCUT2D eigenvalue weighted by Crippen LogP contribution is -2.46. The summed E-state index contributed by atoms with van der Waals surface area (Å²) in [6.45, 7) is 0.627. The highest BCUT2D eigenvalue weighted by molar-refractivity contribution is 5.74. The van der Waals surface area contributed by atoms with Gasteiger partial charge in [-0.15, -0.1) is 0 Å². The van der Waals surface area contributed by atoms with Gasteiger partial charge in [0.15, 0.2) is 0 Å². The van der Waals surface area contributed by atoms with Crippen molar-refractivity contribution in [2.45, 2.75) is 31.3 Å². The number of hydrogen-bond donors (Lipinski definition) is 1. The predicted molar refractivity (Wildman–Crippen MR) is 119 cm³/mol. The third-order valence-electron chi connectivity index (χ3n) is 5.98. The largest absolute Gasteiger partial charge is 0.496 e. The minimum absolute atomic E-state index is 0.370. The molecule has 3 aromatic rings. The molecule has 0 saturated carbocycles. The Morgan fingerprint density at radius 2 is 1.74 bits per heavy atom. The van der Waals surface area contributed by atoms with E-state index >= 15 is 0 Å². The van der Waals surface area contributed by atoms with Crippen LogP contribution in [0.25, 0.3) is 11.1 Å². The van der Waals surface area contributed by atoms with Crippen molar-refractivity contribution < 1.29 is 19.0 Å². The lowest BCUT2D eigenvalue weighted by Gasteiger charge is -2.40. The first-order valence-electron chi connectivity index (χ1n) is 10.6. The van der Waals surface area contributed by atoms with Gasteiger partial charge in [0.05, 0.1) is 13.2 Å². The van der Waals surface area contributed by atoms with Gasteiger partial charge in [-0.05, 0) is 54.3 Å². The molecule has 160 valence electrons. The minimum atomic E-state index is -0.846. The summed E-state index contributed by atoms with van der Waals surface area (Å²) in [6.07, 6.45) is 2.35. The maximum atomic E-state index is 14.3. The van der Waals surface area contributed by atoms with E-state index in [1.54, 1.807) is 13.2 Å². The van der Waals surface area contributed by atoms with E-state index in [-0.39, 0.29) is 5.82 Å². The Bertz CT molecular complexity index is 1040. The topological polar surface area (TPSA) is 49.8 Å². The zero-order valence-corrected chi connectivity index (χ0v) is 17.5. The highest BCUT2D eigenvalue weighted by atomic mass is 19.1. The molecule has 1 aliphatic rings. The van der Waals surface area contributed by atoms with Crippen molar-refractivity contribution in [1.82, 2.24) is 4.90 Å². The van der Waals surface area contributed by atoms with Gasteiger partial charge in [-0.2, -0.15) is 0 Å². The molecular formula is C26H26FNO3. The van der Waals surface area contributed by atoms with E-state index in [2.05, 4.69) is 0 Å². The number of benzene rings is 3. The van der Waals surface area contributed by atoms with Gasteiger partial charge in [-0.1, -0.05) is 61.0 Å². The molecule has 5 heteroatoms. The Morgan fingerprint density at radius 1 is 1.03 bits per heavy atom. The van der Waals surface area contributed by atoms with Crippen molar-refractivity contribution in [2.24, 2.45) is 0 Å². The second kappa shape index (κ2) is 9.31. The Hall–Kier alpha value is -3.18. The van der Waals surface area contributed by atoms with Crippen LogP contribution in [0.1, 0.15) is 36.4 Å². The fourth-order valence-corrected chi connectivity index (χ4v) is 4.49. The minimum Gasteiger partial charge on any atom is -0.496 e. The summed E-state index contributed by atoms with van der Waals surface area (Å²) in [5.74, 6) is -0.667. The van der Waals surface area contributed by atoms with Crippen LogP contribution in [0.2, 0.25) is 0 Å². The molecule has 31 heavy (non-hydrogen) atoms. The molecule has 1 saturated heterocycles. The van der Waals surface area contributed by atoms with Gasteiger partial charge in [-0.25, -0.2) is 4.39 Å². The number of aliphatic carboxylic acids is 1. The fraction of sp³-hybridized carbons (Fsp3) is 0.269. The van der Waals surface area contributed by atoms with Crippen molar-refractivity contribution in [1.29, 1.82) is 0 Å². The molecule has 4 nitrogen and oxygen atoms in total. The SMILES string of the molecule is COc1ccc(F)cc1C(c1ccc(-c2ccccc2)cc1)N1CCCCC1C(=O)O. The van der Waals surface area contributed by atoms with Crippen LogP contribution in [0.4, 0.5) is 4.39 Å². The third kappa shape index (κ3) is 4.47. The van der Waals surface area contributed by atoms with Crippen molar-refractivity contribution in [3.63, 3.8) is 0 Å². The molecule has 0 bridgehead atoms. The monoisotopic (exact) mass is 419 g/mol. The summed E-state index contributed by atoms with van der Waals surface area (Å²) in [5.41, 5.74) is 3.73. The van der Waals surface area contributed by atoms with Gasteiger partial charge >= 0.3 is 5.97 Å². The maximum Gasteiger partial charge on any atom is 0.320 e. The molecule has 1 N–H and O–H groups in total. The van der Waals surface area contributed by atoms with Gasteiger partial charge in [0, 0.05) is 5.56 Å². The maximum absolute atomic E-state index is 14.3. The first-order chi connectivity index (χ1) is 15.1. The van der Waals surface area contributed by atoms with Gasteiger partial charge in [0.2, 0.25) is 0 Å². The van der Waals surface area contributed by atoms with Crippen LogP contribution in [-0.2, 0) is 4.79 Å². The van der Waals surface area contributed by atoms with E-state index in [1.165, 1.54) is 12.1 Å². The third-order valence-corrected chi connectivity index (χ3v) is 5.98. The Morgan fingerprint density at radius 3 is 2.42 bits per heavy atom. The number of piperidine rings is 1. The summed E-state index contributed by atoms with van der Waals surface area (Å²) >= 11 is 0. The van der Waals surface area contributed by atoms with Crippen molar-refractivity contribution in [3.05, 3.63) is 89.7 Å². The van der Waals surface area contributed by atoms with Crippen LogP contribution in [0, 0.1) is 5.82 Å². The average Bonchev–Trinajstić information content (AvgIpc) is 2.81. The highest BCUT2D eigenvalue weighted by Gasteiger charge is 2.36. The van der Waals surface area contributed by atoms with Crippen LogP contribution in [0.3, 0.4) is 0 Å². The highest BCUT2D eigenvalue weighted by Crippen LogP contribution is 2.39. The number of likely N-dealkylation sites (tertiary alicyclic amines) is 1. The zero-order valence-electron chi connectivity index (χ0n) is 17.5. The van der Waals surface area contributed by atoms with Crippen molar-refractivity contribution in [3.8, 4) is 16.9 Å². The predicted octanol–water partition coefficient (Wildman–Crippen LogP) is 5.53. The number of methoxy groups -OCH3 is 1. The van der Waals surface area contributed by atoms with E-state index in [0.717, 1.165) is 29.5 Å². The number of carboxylic acids is 1. The molecule has 3 aromatic carbocycles. The first-order valence-corrected chi connectivity index (χ1v) is 10.6. The molecule has 0 amide bonds. The standard InChI is InChI=1S/C26H26FNO3/c1-31-24-15-14-21(27)17-22(24)25(28-16-6-5-9-23(28)26(29)30)20-12-10-19(11-13-20)18-7-3-2-4-8-18/h2-4,7-8,10-15,17,23,25H,5-6,9,16H2,1H3,(H,29,30). The Kier molecular flexibility index (Phi) is 6.33. The van der Waals surface area contributed by atoms with E-state index in [1.807, 2.05) is 59.5 Å². The fourth-order valence-electron chi connectivity index (χ4n) is 4.49. The quantitative estimate of drug-likeness (QED) is 0.571. The lowest BCUT2D eigenvalue weighted by atomic mass is 9.90. The number of hydrogen-bond acceptors (Lipinski definition) is 3. The van der Waals surface area contributed by atoms with Gasteiger partial charge in [0.25, 0.3) is 0 Å². The van der Waals surface area contributed by atoms with Gasteiger partial charge < -0.3 is 9.84 Å². The first kappa shape index (κ1) is 21.1. The van der Waals surface area contributed by atoms with Crippen LogP contribution >= 0.6 is 0 Å². The van der Waals surface area contributed by atoms with Gasteiger partial charge in [0.1, 0.15) is 17.6 Å². The second-order valence-electron chi connectivity index (χ2n) is 7.86. The zero-order chi connectivity index (χ0) is 21.8. The summed E-state index contributed by atoms with van der Waals surface area (Å²) < 4.78 is 19.8. The molecule has 0 aliphatic carbocycles. The molecule has 2 atom stereocenters. The van der Waals surface area contributed by atoms with E-state index in [4.69, 9.17) is 4.74 Å². The number of rotatable bonds is 6. The Labute approximate surface area is 181 Å². The lowest BCUT2D eigenvalue weighted by molar-refractivity contribution is -0.145. The molecule has 1 fully saturated rings. The summed E-state index contributed by atoms with van der Waals surface area (Å²) in [6, 6.07) is 21.5. The second-order valence-corrected chi connectivity index (χ2v) is 7.86. The normalized spacial score (nSPS) is 17.8. The molecule has 0 spiro atoms. The molecule has 1 heterocycles. The van der Waals surface area contributed by atoms with Gasteiger partial charge in [-0.3, -0.25) is 9.69 Å². The molecule has 4 rings (SSSR count). The van der Waals surface area contributed by atoms with E-state index in [9.17, 15) is 14.3 Å². The number of ether oxygens (including phenoxy) is 1. The summed E-state index contributed by atoms with van der Waals surface area (Å²) in [5, 5.41) is 9.88. The number of halogens is 1. The van der Waals surface area contributed by atoms with Crippen LogP contribution in [-0.4, -0.2) is 35.7 Å². The molecule has 0 radical (unpaired) electrons. The van der Waals surface area contributed by atoms with Crippen molar-refractivity contribution in [2.75, 3.05) is 13.7 Å². The van der Waals surface area contributed by atoms with Crippen LogP contribution in [0.15, 0.2) is 72.8 Å². The molecular weight excluding hydrogens is 393 g/mol. The van der Waals surface area contributed by atoms with E-state index in [0.29, 0.717) is 24.3 Å². The molecule has 1 aliphatic heterocycles. The number of nitrogens with zero attached hydrogens (tertiary/aromatic N) is 1. The summed E-state index contributed by atoms with van der Waals surface area (Å²) in [4.78, 5) is 14.0.